The number of likely N-dealkylation sites (tertiary alicyclic amines) is 1. The van der Waals surface area contributed by atoms with Gasteiger partial charge >= 0.3 is 0 Å². The average Bonchev–Trinajstić information content (AvgIpc) is 2.50. The fourth-order valence-corrected chi connectivity index (χ4v) is 2.07. The number of nitrogens with one attached hydrogen (secondary N) is 1. The van der Waals surface area contributed by atoms with Gasteiger partial charge in [-0.15, -0.1) is 0 Å². The van der Waals surface area contributed by atoms with Gasteiger partial charge in [0.25, 0.3) is 0 Å². The molecule has 0 aromatic carbocycles. The first-order valence-electron chi connectivity index (χ1n) is 6.36. The molecular weight excluding hydrogens is 184 g/mol. The fraction of sp³-hybridized carbons (Fsp3) is 1.00. The van der Waals surface area contributed by atoms with Gasteiger partial charge in [0.15, 0.2) is 0 Å². The summed E-state index contributed by atoms with van der Waals surface area (Å²) >= 11 is 0. The lowest BCUT2D eigenvalue weighted by molar-refractivity contribution is 0.266. The van der Waals surface area contributed by atoms with Gasteiger partial charge < -0.3 is 5.32 Å². The first-order valence-corrected chi connectivity index (χ1v) is 6.36. The molecule has 1 heterocycles. The Labute approximate surface area is 95.4 Å². The normalized spacial score (nSPS) is 24.0. The Morgan fingerprint density at radius 2 is 2.00 bits per heavy atom. The van der Waals surface area contributed by atoms with Gasteiger partial charge in [-0.25, -0.2) is 0 Å². The maximum atomic E-state index is 3.68. The van der Waals surface area contributed by atoms with Crippen molar-refractivity contribution >= 4 is 0 Å². The summed E-state index contributed by atoms with van der Waals surface area (Å²) in [4.78, 5) is 2.56. The van der Waals surface area contributed by atoms with Crippen LogP contribution in [0.25, 0.3) is 0 Å². The zero-order valence-corrected chi connectivity index (χ0v) is 11.1. The van der Waals surface area contributed by atoms with Crippen LogP contribution in [-0.2, 0) is 0 Å². The number of hydrogen-bond acceptors (Lipinski definition) is 2. The molecule has 1 N–H and O–H groups in total. The molecule has 15 heavy (non-hydrogen) atoms. The van der Waals surface area contributed by atoms with E-state index in [1.807, 2.05) is 0 Å². The van der Waals surface area contributed by atoms with Crippen LogP contribution in [0.15, 0.2) is 0 Å². The minimum atomic E-state index is 0.462. The standard InChI is InChI=1S/C13H28N2/c1-11(2)15-9-6-12(10-15)14-8-7-13(3,4)5/h11-12,14H,6-10H2,1-5H3. The first kappa shape index (κ1) is 13.0. The summed E-state index contributed by atoms with van der Waals surface area (Å²) in [6, 6.07) is 1.44. The van der Waals surface area contributed by atoms with E-state index in [1.165, 1.54) is 32.5 Å². The highest BCUT2D eigenvalue weighted by atomic mass is 15.2. The molecule has 1 fully saturated rings. The van der Waals surface area contributed by atoms with Gasteiger partial charge in [-0.1, -0.05) is 20.8 Å². The third-order valence-electron chi connectivity index (χ3n) is 3.26. The molecule has 2 heteroatoms. The largest absolute Gasteiger partial charge is 0.313 e. The van der Waals surface area contributed by atoms with E-state index in [0.717, 1.165) is 6.04 Å². The molecule has 0 radical (unpaired) electrons. The second-order valence-electron chi connectivity index (χ2n) is 6.34. The van der Waals surface area contributed by atoms with Gasteiger partial charge in [0.05, 0.1) is 0 Å². The smallest absolute Gasteiger partial charge is 0.0207 e. The van der Waals surface area contributed by atoms with Gasteiger partial charge in [0.2, 0.25) is 0 Å². The molecule has 0 aromatic heterocycles. The van der Waals surface area contributed by atoms with E-state index in [2.05, 4.69) is 44.8 Å². The van der Waals surface area contributed by atoms with Crippen LogP contribution in [-0.4, -0.2) is 36.6 Å². The van der Waals surface area contributed by atoms with E-state index < -0.39 is 0 Å². The molecule has 1 aliphatic heterocycles. The highest BCUT2D eigenvalue weighted by Gasteiger charge is 2.23. The maximum absolute atomic E-state index is 3.68. The molecule has 0 amide bonds. The minimum absolute atomic E-state index is 0.462. The van der Waals surface area contributed by atoms with Crippen LogP contribution in [0.2, 0.25) is 0 Å². The predicted molar refractivity (Wildman–Crippen MR) is 67.2 cm³/mol. The summed E-state index contributed by atoms with van der Waals surface area (Å²) in [5.74, 6) is 0. The van der Waals surface area contributed by atoms with Gasteiger partial charge in [-0.05, 0) is 45.2 Å². The molecule has 1 unspecified atom stereocenters. The summed E-state index contributed by atoms with van der Waals surface area (Å²) in [7, 11) is 0. The number of hydrogen-bond donors (Lipinski definition) is 1. The van der Waals surface area contributed by atoms with E-state index in [-0.39, 0.29) is 0 Å². The zero-order valence-electron chi connectivity index (χ0n) is 11.1. The van der Waals surface area contributed by atoms with Crippen molar-refractivity contribution in [2.24, 2.45) is 5.41 Å². The van der Waals surface area contributed by atoms with Crippen LogP contribution in [0.1, 0.15) is 47.5 Å². The van der Waals surface area contributed by atoms with Crippen molar-refractivity contribution < 1.29 is 0 Å². The second kappa shape index (κ2) is 5.31. The molecule has 90 valence electrons. The van der Waals surface area contributed by atoms with Gasteiger partial charge in [0, 0.05) is 18.6 Å². The molecule has 0 spiro atoms. The van der Waals surface area contributed by atoms with Crippen molar-refractivity contribution in [3.8, 4) is 0 Å². The molecule has 0 aromatic rings. The summed E-state index contributed by atoms with van der Waals surface area (Å²) < 4.78 is 0. The Kier molecular flexibility index (Phi) is 4.60. The van der Waals surface area contributed by atoms with Crippen LogP contribution < -0.4 is 5.32 Å². The van der Waals surface area contributed by atoms with E-state index in [0.29, 0.717) is 11.5 Å². The molecule has 0 aliphatic carbocycles. The van der Waals surface area contributed by atoms with Crippen LogP contribution >= 0.6 is 0 Å². The first-order chi connectivity index (χ1) is 6.88. The monoisotopic (exact) mass is 212 g/mol. The third-order valence-corrected chi connectivity index (χ3v) is 3.26. The summed E-state index contributed by atoms with van der Waals surface area (Å²) in [6.07, 6.45) is 2.59. The molecule has 1 rings (SSSR count). The molecule has 2 nitrogen and oxygen atoms in total. The molecule has 1 saturated heterocycles. The SMILES string of the molecule is CC(C)N1CCC(NCCC(C)(C)C)C1. The summed E-state index contributed by atoms with van der Waals surface area (Å²) in [6.45, 7) is 15.2. The quantitative estimate of drug-likeness (QED) is 0.770. The highest BCUT2D eigenvalue weighted by Crippen LogP contribution is 2.18. The van der Waals surface area contributed by atoms with Crippen LogP contribution in [0.5, 0.6) is 0 Å². The zero-order chi connectivity index (χ0) is 11.5. The Bertz CT molecular complexity index is 181. The van der Waals surface area contributed by atoms with Crippen molar-refractivity contribution in [3.05, 3.63) is 0 Å². The predicted octanol–water partition coefficient (Wildman–Crippen LogP) is 2.49. The summed E-state index contributed by atoms with van der Waals surface area (Å²) in [5, 5.41) is 3.68. The van der Waals surface area contributed by atoms with Crippen molar-refractivity contribution in [1.82, 2.24) is 10.2 Å². The Hall–Kier alpha value is -0.0800. The van der Waals surface area contributed by atoms with Crippen LogP contribution in [0.3, 0.4) is 0 Å². The van der Waals surface area contributed by atoms with Crippen molar-refractivity contribution in [3.63, 3.8) is 0 Å². The Morgan fingerprint density at radius 1 is 1.33 bits per heavy atom. The van der Waals surface area contributed by atoms with E-state index >= 15 is 0 Å². The number of nitrogens with zero attached hydrogens (tertiary/aromatic N) is 1. The lowest BCUT2D eigenvalue weighted by atomic mass is 9.92. The van der Waals surface area contributed by atoms with Gasteiger partial charge in [0.1, 0.15) is 0 Å². The molecule has 1 atom stereocenters. The third kappa shape index (κ3) is 4.98. The fourth-order valence-electron chi connectivity index (χ4n) is 2.07. The number of rotatable bonds is 4. The molecular formula is C13H28N2. The second-order valence-corrected chi connectivity index (χ2v) is 6.34. The molecule has 1 aliphatic rings. The Morgan fingerprint density at radius 3 is 2.47 bits per heavy atom. The minimum Gasteiger partial charge on any atom is -0.313 e. The van der Waals surface area contributed by atoms with Crippen molar-refractivity contribution in [1.29, 1.82) is 0 Å². The Balaban J connectivity index is 2.14. The average molecular weight is 212 g/mol. The van der Waals surface area contributed by atoms with Gasteiger partial charge in [-0.3, -0.25) is 4.90 Å². The topological polar surface area (TPSA) is 15.3 Å². The highest BCUT2D eigenvalue weighted by molar-refractivity contribution is 4.82. The van der Waals surface area contributed by atoms with Crippen molar-refractivity contribution in [2.75, 3.05) is 19.6 Å². The van der Waals surface area contributed by atoms with Gasteiger partial charge in [-0.2, -0.15) is 0 Å². The lowest BCUT2D eigenvalue weighted by Gasteiger charge is -2.22. The van der Waals surface area contributed by atoms with E-state index in [4.69, 9.17) is 0 Å². The van der Waals surface area contributed by atoms with Crippen LogP contribution in [0.4, 0.5) is 0 Å². The summed E-state index contributed by atoms with van der Waals surface area (Å²) in [5.41, 5.74) is 0.462. The maximum Gasteiger partial charge on any atom is 0.0207 e. The van der Waals surface area contributed by atoms with Crippen molar-refractivity contribution in [2.45, 2.75) is 59.5 Å². The lowest BCUT2D eigenvalue weighted by Crippen LogP contribution is -2.36. The van der Waals surface area contributed by atoms with Crippen LogP contribution in [0, 0.1) is 5.41 Å². The van der Waals surface area contributed by atoms with E-state index in [1.54, 1.807) is 0 Å². The molecule has 0 bridgehead atoms. The molecule has 0 saturated carbocycles. The van der Waals surface area contributed by atoms with E-state index in [9.17, 15) is 0 Å².